The van der Waals surface area contributed by atoms with Crippen LogP contribution in [0.1, 0.15) is 31.9 Å². The summed E-state index contributed by atoms with van der Waals surface area (Å²) in [5.74, 6) is 0.784. The molecule has 1 rings (SSSR count). The Morgan fingerprint density at radius 3 is 2.58 bits per heavy atom. The van der Waals surface area contributed by atoms with Gasteiger partial charge in [-0.2, -0.15) is 0 Å². The summed E-state index contributed by atoms with van der Waals surface area (Å²) in [6.07, 6.45) is -0.844. The van der Waals surface area contributed by atoms with Crippen LogP contribution in [-0.4, -0.2) is 35.1 Å². The first-order valence-corrected chi connectivity index (χ1v) is 6.58. The fraction of sp³-hybridized carbons (Fsp3) is 0.600. The molecule has 1 aromatic rings. The van der Waals surface area contributed by atoms with Gasteiger partial charge in [0, 0.05) is 17.6 Å². The maximum Gasteiger partial charge on any atom is 0.126 e. The van der Waals surface area contributed by atoms with Crippen molar-refractivity contribution in [1.29, 1.82) is 0 Å². The molecule has 0 aromatic heterocycles. The highest BCUT2D eigenvalue weighted by atomic mass is 16.5. The summed E-state index contributed by atoms with van der Waals surface area (Å²) in [7, 11) is 0. The Hall–Kier alpha value is -1.10. The van der Waals surface area contributed by atoms with Crippen LogP contribution in [0.3, 0.4) is 0 Å². The van der Waals surface area contributed by atoms with Crippen LogP contribution in [0.5, 0.6) is 5.75 Å². The van der Waals surface area contributed by atoms with Crippen LogP contribution >= 0.6 is 0 Å². The highest BCUT2D eigenvalue weighted by molar-refractivity contribution is 5.40. The minimum Gasteiger partial charge on any atom is -0.490 e. The van der Waals surface area contributed by atoms with E-state index in [1.807, 2.05) is 25.1 Å². The van der Waals surface area contributed by atoms with Crippen LogP contribution in [0.2, 0.25) is 0 Å². The van der Waals surface area contributed by atoms with E-state index >= 15 is 0 Å². The molecular weight excluding hydrogens is 242 g/mol. The van der Waals surface area contributed by atoms with Crippen LogP contribution in [0.4, 0.5) is 0 Å². The minimum absolute atomic E-state index is 0.0334. The molecule has 0 radical (unpaired) electrons. The molecule has 19 heavy (non-hydrogen) atoms. The van der Waals surface area contributed by atoms with Gasteiger partial charge in [0.25, 0.3) is 0 Å². The molecule has 0 saturated carbocycles. The number of benzene rings is 1. The van der Waals surface area contributed by atoms with Crippen molar-refractivity contribution < 1.29 is 14.9 Å². The van der Waals surface area contributed by atoms with Gasteiger partial charge in [-0.15, -0.1) is 0 Å². The van der Waals surface area contributed by atoms with Gasteiger partial charge >= 0.3 is 0 Å². The molecule has 0 heterocycles. The van der Waals surface area contributed by atoms with E-state index in [4.69, 9.17) is 9.84 Å². The van der Waals surface area contributed by atoms with Gasteiger partial charge in [-0.05, 0) is 33.3 Å². The zero-order valence-electron chi connectivity index (χ0n) is 12.2. The van der Waals surface area contributed by atoms with E-state index in [0.717, 1.165) is 16.9 Å². The fourth-order valence-electron chi connectivity index (χ4n) is 1.65. The molecule has 0 aliphatic rings. The van der Waals surface area contributed by atoms with Gasteiger partial charge in [0.15, 0.2) is 0 Å². The second-order valence-electron chi connectivity index (χ2n) is 5.81. The third kappa shape index (κ3) is 5.59. The van der Waals surface area contributed by atoms with Gasteiger partial charge < -0.3 is 20.3 Å². The number of hydrogen-bond acceptors (Lipinski definition) is 4. The first kappa shape index (κ1) is 16.0. The average Bonchev–Trinajstić information content (AvgIpc) is 2.33. The molecule has 0 aliphatic heterocycles. The molecule has 1 atom stereocenters. The summed E-state index contributed by atoms with van der Waals surface area (Å²) in [6, 6.07) is 5.97. The number of rotatable bonds is 6. The predicted molar refractivity (Wildman–Crippen MR) is 76.4 cm³/mol. The normalized spacial score (nSPS) is 13.4. The maximum absolute atomic E-state index is 9.37. The van der Waals surface area contributed by atoms with Crippen molar-refractivity contribution in [1.82, 2.24) is 5.32 Å². The SMILES string of the molecule is Cc1cccc(CNC(C)(C)C)c1OCC(O)CO. The molecule has 0 fully saturated rings. The van der Waals surface area contributed by atoms with Crippen molar-refractivity contribution in [3.63, 3.8) is 0 Å². The van der Waals surface area contributed by atoms with Crippen LogP contribution in [0.15, 0.2) is 18.2 Å². The molecule has 108 valence electrons. The van der Waals surface area contributed by atoms with Gasteiger partial charge in [-0.1, -0.05) is 18.2 Å². The zero-order valence-corrected chi connectivity index (χ0v) is 12.2. The Balaban J connectivity index is 2.77. The van der Waals surface area contributed by atoms with Gasteiger partial charge in [0.1, 0.15) is 18.5 Å². The quantitative estimate of drug-likeness (QED) is 0.733. The molecule has 1 aromatic carbocycles. The Morgan fingerprint density at radius 1 is 1.32 bits per heavy atom. The van der Waals surface area contributed by atoms with Gasteiger partial charge in [-0.25, -0.2) is 0 Å². The number of hydrogen-bond donors (Lipinski definition) is 3. The number of aliphatic hydroxyl groups excluding tert-OH is 2. The molecular formula is C15H25NO3. The molecule has 0 aliphatic carbocycles. The summed E-state index contributed by atoms with van der Waals surface area (Å²) < 4.78 is 5.64. The predicted octanol–water partition coefficient (Wildman–Crippen LogP) is 1.62. The number of para-hydroxylation sites is 1. The van der Waals surface area contributed by atoms with E-state index in [1.165, 1.54) is 0 Å². The van der Waals surface area contributed by atoms with Crippen molar-refractivity contribution in [3.8, 4) is 5.75 Å². The molecule has 0 spiro atoms. The lowest BCUT2D eigenvalue weighted by molar-refractivity contribution is 0.0530. The molecule has 1 unspecified atom stereocenters. The Morgan fingerprint density at radius 2 is 2.00 bits per heavy atom. The molecule has 0 saturated heterocycles. The number of nitrogens with one attached hydrogen (secondary N) is 1. The Kier molecular flexibility index (Phi) is 5.79. The smallest absolute Gasteiger partial charge is 0.126 e. The monoisotopic (exact) mass is 267 g/mol. The van der Waals surface area contributed by atoms with Crippen molar-refractivity contribution in [2.75, 3.05) is 13.2 Å². The van der Waals surface area contributed by atoms with Crippen molar-refractivity contribution in [2.45, 2.75) is 45.9 Å². The first-order valence-electron chi connectivity index (χ1n) is 6.58. The molecule has 4 heteroatoms. The van der Waals surface area contributed by atoms with E-state index in [-0.39, 0.29) is 18.8 Å². The van der Waals surface area contributed by atoms with Gasteiger partial charge in [0.2, 0.25) is 0 Å². The zero-order chi connectivity index (χ0) is 14.5. The van der Waals surface area contributed by atoms with Crippen molar-refractivity contribution in [2.24, 2.45) is 0 Å². The lowest BCUT2D eigenvalue weighted by atomic mass is 10.1. The minimum atomic E-state index is -0.844. The van der Waals surface area contributed by atoms with Crippen LogP contribution < -0.4 is 10.1 Å². The summed E-state index contributed by atoms with van der Waals surface area (Å²) >= 11 is 0. The standard InChI is InChI=1S/C15H25NO3/c1-11-6-5-7-12(8-16-15(2,3)4)14(11)19-10-13(18)9-17/h5-7,13,16-18H,8-10H2,1-4H3. The van der Waals surface area contributed by atoms with Crippen LogP contribution in [0.25, 0.3) is 0 Å². The number of aryl methyl sites for hydroxylation is 1. The highest BCUT2D eigenvalue weighted by Gasteiger charge is 2.13. The number of ether oxygens (including phenoxy) is 1. The van der Waals surface area contributed by atoms with E-state index in [1.54, 1.807) is 0 Å². The maximum atomic E-state index is 9.37. The van der Waals surface area contributed by atoms with Crippen LogP contribution in [-0.2, 0) is 6.54 Å². The summed E-state index contributed by atoms with van der Waals surface area (Å²) in [5.41, 5.74) is 2.12. The van der Waals surface area contributed by atoms with E-state index in [9.17, 15) is 5.11 Å². The summed E-state index contributed by atoms with van der Waals surface area (Å²) in [5, 5.41) is 21.6. The topological polar surface area (TPSA) is 61.7 Å². The van der Waals surface area contributed by atoms with Crippen molar-refractivity contribution >= 4 is 0 Å². The Labute approximate surface area is 115 Å². The first-order chi connectivity index (χ1) is 8.83. The van der Waals surface area contributed by atoms with E-state index in [2.05, 4.69) is 26.1 Å². The Bertz CT molecular complexity index is 399. The van der Waals surface area contributed by atoms with Gasteiger partial charge in [-0.3, -0.25) is 0 Å². The lowest BCUT2D eigenvalue weighted by Gasteiger charge is -2.22. The van der Waals surface area contributed by atoms with E-state index < -0.39 is 6.10 Å². The molecule has 4 nitrogen and oxygen atoms in total. The summed E-state index contributed by atoms with van der Waals surface area (Å²) in [6.45, 7) is 8.82. The number of aliphatic hydroxyl groups is 2. The largest absolute Gasteiger partial charge is 0.490 e. The second-order valence-corrected chi connectivity index (χ2v) is 5.81. The van der Waals surface area contributed by atoms with Crippen molar-refractivity contribution in [3.05, 3.63) is 29.3 Å². The molecule has 0 amide bonds. The second kappa shape index (κ2) is 6.89. The van der Waals surface area contributed by atoms with E-state index in [0.29, 0.717) is 6.54 Å². The lowest BCUT2D eigenvalue weighted by Crippen LogP contribution is -2.35. The molecule has 0 bridgehead atoms. The highest BCUT2D eigenvalue weighted by Crippen LogP contribution is 2.24. The van der Waals surface area contributed by atoms with Crippen LogP contribution in [0, 0.1) is 6.92 Å². The fourth-order valence-corrected chi connectivity index (χ4v) is 1.65. The third-order valence-corrected chi connectivity index (χ3v) is 2.73. The van der Waals surface area contributed by atoms with Gasteiger partial charge in [0.05, 0.1) is 6.61 Å². The summed E-state index contributed by atoms with van der Waals surface area (Å²) in [4.78, 5) is 0. The third-order valence-electron chi connectivity index (χ3n) is 2.73. The average molecular weight is 267 g/mol. The molecule has 3 N–H and O–H groups in total.